The van der Waals surface area contributed by atoms with E-state index in [2.05, 4.69) is 15.6 Å². The molecule has 1 aromatic heterocycles. The number of aromatic amines is 1. The molecule has 1 atom stereocenters. The number of carboxylic acids is 1. The summed E-state index contributed by atoms with van der Waals surface area (Å²) in [6, 6.07) is 9.35. The van der Waals surface area contributed by atoms with Crippen LogP contribution in [0.25, 0.3) is 0 Å². The monoisotopic (exact) mass is 459 g/mol. The number of nitrogens with two attached hydrogens (primary N) is 1. The summed E-state index contributed by atoms with van der Waals surface area (Å²) >= 11 is 0. The molecule has 0 spiro atoms. The van der Waals surface area contributed by atoms with Gasteiger partial charge < -0.3 is 31.2 Å². The summed E-state index contributed by atoms with van der Waals surface area (Å²) in [5, 5.41) is 14.2. The number of aromatic nitrogens is 1. The molecule has 11 heteroatoms. The maximum Gasteiger partial charge on any atom is 0.410 e. The van der Waals surface area contributed by atoms with Crippen molar-refractivity contribution >= 4 is 29.6 Å². The van der Waals surface area contributed by atoms with E-state index < -0.39 is 36.5 Å². The van der Waals surface area contributed by atoms with Crippen LogP contribution in [0.2, 0.25) is 0 Å². The van der Waals surface area contributed by atoms with E-state index in [0.29, 0.717) is 16.9 Å². The number of hydrogen-bond acceptors (Lipinski definition) is 6. The van der Waals surface area contributed by atoms with E-state index in [-0.39, 0.29) is 25.6 Å². The summed E-state index contributed by atoms with van der Waals surface area (Å²) in [6.45, 7) is 2.92. The summed E-state index contributed by atoms with van der Waals surface area (Å²) in [7, 11) is 0. The summed E-state index contributed by atoms with van der Waals surface area (Å²) in [5.74, 6) is -2.00. The molecule has 6 N–H and O–H groups in total. The second-order valence-corrected chi connectivity index (χ2v) is 7.73. The second kappa shape index (κ2) is 12.2. The van der Waals surface area contributed by atoms with Gasteiger partial charge >= 0.3 is 12.1 Å². The molecule has 0 saturated carbocycles. The quantitative estimate of drug-likeness (QED) is 0.337. The number of H-pyrrole nitrogens is 1. The Balaban J connectivity index is 1.83. The third kappa shape index (κ3) is 8.65. The lowest BCUT2D eigenvalue weighted by Gasteiger charge is -2.19. The van der Waals surface area contributed by atoms with Crippen molar-refractivity contribution in [3.8, 4) is 0 Å². The molecule has 3 amide bonds. The fraction of sp³-hybridized carbons (Fsp3) is 0.364. The molecule has 33 heavy (non-hydrogen) atoms. The van der Waals surface area contributed by atoms with Crippen LogP contribution in [0.5, 0.6) is 0 Å². The van der Waals surface area contributed by atoms with Gasteiger partial charge in [0.25, 0.3) is 0 Å². The van der Waals surface area contributed by atoms with Crippen LogP contribution >= 0.6 is 0 Å². The van der Waals surface area contributed by atoms with Gasteiger partial charge in [0, 0.05) is 17.6 Å². The molecule has 0 fully saturated rings. The molecule has 0 aliphatic rings. The topological polar surface area (TPSA) is 167 Å². The highest BCUT2D eigenvalue weighted by molar-refractivity contribution is 5.95. The van der Waals surface area contributed by atoms with E-state index in [1.165, 1.54) is 0 Å². The van der Waals surface area contributed by atoms with Gasteiger partial charge in [-0.1, -0.05) is 26.0 Å². The Morgan fingerprint density at radius 1 is 1.15 bits per heavy atom. The second-order valence-electron chi connectivity index (χ2n) is 7.73. The van der Waals surface area contributed by atoms with Crippen LogP contribution < -0.4 is 16.4 Å². The minimum atomic E-state index is -1.15. The summed E-state index contributed by atoms with van der Waals surface area (Å²) in [6.07, 6.45) is 0.911. The summed E-state index contributed by atoms with van der Waals surface area (Å²) < 4.78 is 5.23. The fourth-order valence-corrected chi connectivity index (χ4v) is 2.73. The lowest BCUT2D eigenvalue weighted by Crippen LogP contribution is -2.46. The molecule has 2 rings (SSSR count). The van der Waals surface area contributed by atoms with E-state index in [9.17, 15) is 19.2 Å². The van der Waals surface area contributed by atoms with E-state index in [4.69, 9.17) is 15.6 Å². The number of nitrogens with one attached hydrogen (secondary N) is 3. The van der Waals surface area contributed by atoms with Gasteiger partial charge in [-0.3, -0.25) is 19.3 Å². The number of anilines is 1. The molecular formula is C22H29N5O6. The largest absolute Gasteiger partial charge is 0.480 e. The third-order valence-corrected chi connectivity index (χ3v) is 4.65. The van der Waals surface area contributed by atoms with Gasteiger partial charge in [0.2, 0.25) is 11.8 Å². The Hall–Kier alpha value is -3.86. The number of amides is 3. The van der Waals surface area contributed by atoms with Gasteiger partial charge in [0.15, 0.2) is 0 Å². The van der Waals surface area contributed by atoms with Crippen molar-refractivity contribution in [1.82, 2.24) is 15.2 Å². The van der Waals surface area contributed by atoms with Gasteiger partial charge in [-0.15, -0.1) is 0 Å². The number of aliphatic carboxylic acids is 1. The van der Waals surface area contributed by atoms with Crippen molar-refractivity contribution < 1.29 is 29.0 Å². The lowest BCUT2D eigenvalue weighted by atomic mass is 10.1. The Labute approximate surface area is 191 Å². The molecule has 178 valence electrons. The molecular weight excluding hydrogens is 430 g/mol. The molecule has 2 aromatic rings. The number of rotatable bonds is 11. The van der Waals surface area contributed by atoms with Crippen LogP contribution in [0, 0.1) is 5.92 Å². The average molecular weight is 460 g/mol. The maximum atomic E-state index is 12.3. The number of benzene rings is 1. The zero-order valence-electron chi connectivity index (χ0n) is 18.5. The molecule has 0 saturated heterocycles. The number of carboxylic acid groups (broad SMARTS) is 1. The highest BCUT2D eigenvalue weighted by atomic mass is 16.6. The van der Waals surface area contributed by atoms with Crippen LogP contribution in [0.3, 0.4) is 0 Å². The Morgan fingerprint density at radius 3 is 2.42 bits per heavy atom. The lowest BCUT2D eigenvalue weighted by molar-refractivity contribution is -0.138. The van der Waals surface area contributed by atoms with Gasteiger partial charge in [0.05, 0.1) is 19.1 Å². The minimum Gasteiger partial charge on any atom is -0.480 e. The predicted octanol–water partition coefficient (Wildman–Crippen LogP) is 1.28. The SMILES string of the molecule is CC(C)C(N)C(=O)NCC(=O)Nc1ccc(COC(=O)N(CC(=O)O)Cc2ccc[nH]2)cc1. The van der Waals surface area contributed by atoms with E-state index in [0.717, 1.165) is 4.90 Å². The number of ether oxygens (including phenoxy) is 1. The standard InChI is InChI=1S/C22H29N5O6/c1-14(2)20(23)21(31)25-10-18(28)26-16-7-5-15(6-8-16)13-33-22(32)27(12-19(29)30)11-17-4-3-9-24-17/h3-9,14,20,24H,10-13,23H2,1-2H3,(H,25,31)(H,26,28)(H,29,30). The molecule has 0 radical (unpaired) electrons. The molecule has 1 aromatic carbocycles. The van der Waals surface area contributed by atoms with Crippen LogP contribution in [0.4, 0.5) is 10.5 Å². The summed E-state index contributed by atoms with van der Waals surface area (Å²) in [4.78, 5) is 51.2. The normalized spacial score (nSPS) is 11.5. The van der Waals surface area contributed by atoms with Crippen molar-refractivity contribution in [3.63, 3.8) is 0 Å². The Morgan fingerprint density at radius 2 is 1.85 bits per heavy atom. The van der Waals surface area contributed by atoms with Crippen molar-refractivity contribution in [2.75, 3.05) is 18.4 Å². The highest BCUT2D eigenvalue weighted by Crippen LogP contribution is 2.12. The van der Waals surface area contributed by atoms with Gasteiger partial charge in [-0.05, 0) is 35.7 Å². The summed E-state index contributed by atoms with van der Waals surface area (Å²) in [5.41, 5.74) is 7.55. The zero-order chi connectivity index (χ0) is 24.4. The highest BCUT2D eigenvalue weighted by Gasteiger charge is 2.19. The average Bonchev–Trinajstić information content (AvgIpc) is 3.28. The van der Waals surface area contributed by atoms with Crippen LogP contribution in [0.1, 0.15) is 25.1 Å². The fourth-order valence-electron chi connectivity index (χ4n) is 2.73. The van der Waals surface area contributed by atoms with Crippen LogP contribution in [-0.4, -0.2) is 58.0 Å². The van der Waals surface area contributed by atoms with Gasteiger partial charge in [0.1, 0.15) is 13.2 Å². The van der Waals surface area contributed by atoms with Crippen molar-refractivity contribution in [2.45, 2.75) is 33.0 Å². The van der Waals surface area contributed by atoms with Crippen molar-refractivity contribution in [1.29, 1.82) is 0 Å². The van der Waals surface area contributed by atoms with Crippen LogP contribution in [0.15, 0.2) is 42.6 Å². The smallest absolute Gasteiger partial charge is 0.410 e. The van der Waals surface area contributed by atoms with E-state index in [1.807, 2.05) is 13.8 Å². The molecule has 1 heterocycles. The number of nitrogens with zero attached hydrogens (tertiary/aromatic N) is 1. The van der Waals surface area contributed by atoms with Crippen LogP contribution in [-0.2, 0) is 32.3 Å². The number of carbonyl (C=O) groups is 4. The first-order chi connectivity index (χ1) is 15.7. The molecule has 1 unspecified atom stereocenters. The Bertz CT molecular complexity index is 943. The van der Waals surface area contributed by atoms with E-state index in [1.54, 1.807) is 42.6 Å². The predicted molar refractivity (Wildman–Crippen MR) is 120 cm³/mol. The number of hydrogen-bond donors (Lipinski definition) is 5. The molecule has 11 nitrogen and oxygen atoms in total. The zero-order valence-corrected chi connectivity index (χ0v) is 18.5. The first kappa shape index (κ1) is 25.4. The van der Waals surface area contributed by atoms with Crippen molar-refractivity contribution in [2.24, 2.45) is 11.7 Å². The maximum absolute atomic E-state index is 12.3. The van der Waals surface area contributed by atoms with E-state index >= 15 is 0 Å². The number of carbonyl (C=O) groups excluding carboxylic acids is 3. The van der Waals surface area contributed by atoms with Gasteiger partial charge in [-0.2, -0.15) is 0 Å². The Kier molecular flexibility index (Phi) is 9.43. The van der Waals surface area contributed by atoms with Gasteiger partial charge in [-0.25, -0.2) is 4.79 Å². The minimum absolute atomic E-state index is 0.0422. The first-order valence-corrected chi connectivity index (χ1v) is 10.3. The van der Waals surface area contributed by atoms with Crippen molar-refractivity contribution in [3.05, 3.63) is 53.9 Å². The first-order valence-electron chi connectivity index (χ1n) is 10.3. The molecule has 0 aliphatic heterocycles. The molecule has 0 bridgehead atoms. The third-order valence-electron chi connectivity index (χ3n) is 4.65. The molecule has 0 aliphatic carbocycles.